The van der Waals surface area contributed by atoms with Crippen LogP contribution in [-0.2, 0) is 14.8 Å². The third kappa shape index (κ3) is 4.91. The zero-order chi connectivity index (χ0) is 19.5. The number of nitrogens with one attached hydrogen (secondary N) is 1. The van der Waals surface area contributed by atoms with Gasteiger partial charge >= 0.3 is 0 Å². The van der Waals surface area contributed by atoms with E-state index < -0.39 is 10.0 Å². The quantitative estimate of drug-likeness (QED) is 0.778. The van der Waals surface area contributed by atoms with Gasteiger partial charge < -0.3 is 5.32 Å². The van der Waals surface area contributed by atoms with Crippen LogP contribution in [0.3, 0.4) is 0 Å². The number of sulfonamides is 1. The summed E-state index contributed by atoms with van der Waals surface area (Å²) in [7, 11) is -3.40. The molecule has 3 rings (SSSR count). The Balaban J connectivity index is 1.48. The van der Waals surface area contributed by atoms with E-state index in [0.29, 0.717) is 36.7 Å². The molecule has 2 aliphatic rings. The molecule has 1 aromatic heterocycles. The second kappa shape index (κ2) is 8.59. The third-order valence-electron chi connectivity index (χ3n) is 5.82. The van der Waals surface area contributed by atoms with Crippen molar-refractivity contribution in [1.29, 1.82) is 0 Å². The molecule has 0 aromatic carbocycles. The van der Waals surface area contributed by atoms with E-state index in [2.05, 4.69) is 24.1 Å². The number of likely N-dealkylation sites (tertiary alicyclic amines) is 1. The molecule has 8 heteroatoms. The summed E-state index contributed by atoms with van der Waals surface area (Å²) < 4.78 is 27.1. The van der Waals surface area contributed by atoms with Gasteiger partial charge in [0.15, 0.2) is 0 Å². The van der Waals surface area contributed by atoms with Crippen LogP contribution in [0.25, 0.3) is 0 Å². The first-order valence-electron chi connectivity index (χ1n) is 9.87. The van der Waals surface area contributed by atoms with Gasteiger partial charge in [-0.05, 0) is 64.1 Å². The monoisotopic (exact) mass is 413 g/mol. The fraction of sp³-hybridized carbons (Fsp3) is 0.737. The van der Waals surface area contributed by atoms with Gasteiger partial charge in [0.1, 0.15) is 4.21 Å². The summed E-state index contributed by atoms with van der Waals surface area (Å²) in [5.74, 6) is -0.0369. The lowest BCUT2D eigenvalue weighted by Gasteiger charge is -2.41. The van der Waals surface area contributed by atoms with E-state index >= 15 is 0 Å². The first-order chi connectivity index (χ1) is 12.8. The Morgan fingerprint density at radius 1 is 1.19 bits per heavy atom. The Kier molecular flexibility index (Phi) is 6.61. The number of thiophene rings is 1. The smallest absolute Gasteiger partial charge is 0.252 e. The lowest BCUT2D eigenvalue weighted by molar-refractivity contribution is -0.126. The number of carbonyl (C=O) groups excluding carboxylic acids is 1. The van der Waals surface area contributed by atoms with Crippen LogP contribution in [0.2, 0.25) is 0 Å². The molecule has 1 N–H and O–H groups in total. The fourth-order valence-corrected chi connectivity index (χ4v) is 6.57. The van der Waals surface area contributed by atoms with Crippen LogP contribution in [0.5, 0.6) is 0 Å². The Morgan fingerprint density at radius 2 is 1.85 bits per heavy atom. The Bertz CT molecular complexity index is 717. The minimum absolute atomic E-state index is 0.0424. The number of carbonyl (C=O) groups is 1. The maximum Gasteiger partial charge on any atom is 0.252 e. The molecule has 2 saturated heterocycles. The highest BCUT2D eigenvalue weighted by Gasteiger charge is 2.34. The summed E-state index contributed by atoms with van der Waals surface area (Å²) in [5.41, 5.74) is -0.0424. The molecule has 0 atom stereocenters. The van der Waals surface area contributed by atoms with Crippen molar-refractivity contribution in [2.24, 2.45) is 5.92 Å². The van der Waals surface area contributed by atoms with Crippen molar-refractivity contribution in [2.45, 2.75) is 55.7 Å². The highest BCUT2D eigenvalue weighted by molar-refractivity contribution is 7.91. The molecule has 0 spiro atoms. The van der Waals surface area contributed by atoms with Crippen LogP contribution in [0.4, 0.5) is 0 Å². The number of hydrogen-bond acceptors (Lipinski definition) is 5. The molecule has 152 valence electrons. The van der Waals surface area contributed by atoms with Crippen LogP contribution in [0.15, 0.2) is 21.7 Å². The molecule has 0 saturated carbocycles. The molecule has 0 bridgehead atoms. The average molecular weight is 414 g/mol. The zero-order valence-electron chi connectivity index (χ0n) is 16.3. The van der Waals surface area contributed by atoms with Crippen LogP contribution in [0.1, 0.15) is 46.0 Å². The summed E-state index contributed by atoms with van der Waals surface area (Å²) in [4.78, 5) is 15.1. The number of nitrogens with zero attached hydrogens (tertiary/aromatic N) is 2. The topological polar surface area (TPSA) is 69.7 Å². The lowest BCUT2D eigenvalue weighted by atomic mass is 9.95. The molecule has 0 unspecified atom stereocenters. The van der Waals surface area contributed by atoms with Crippen LogP contribution < -0.4 is 5.32 Å². The van der Waals surface area contributed by atoms with E-state index in [1.54, 1.807) is 17.5 Å². The SMILES string of the molecule is CC(C)(CNC(=O)C1CCN(S(=O)(=O)c2cccs2)CC1)N1CCCCC1. The minimum atomic E-state index is -3.40. The van der Waals surface area contributed by atoms with Gasteiger partial charge in [0, 0.05) is 31.1 Å². The molecule has 3 heterocycles. The Morgan fingerprint density at radius 3 is 2.44 bits per heavy atom. The van der Waals surface area contributed by atoms with Gasteiger partial charge in [-0.3, -0.25) is 9.69 Å². The molecule has 2 fully saturated rings. The van der Waals surface area contributed by atoms with E-state index in [9.17, 15) is 13.2 Å². The van der Waals surface area contributed by atoms with Gasteiger partial charge in [-0.25, -0.2) is 8.42 Å². The van der Waals surface area contributed by atoms with Gasteiger partial charge in [-0.15, -0.1) is 11.3 Å². The maximum atomic E-state index is 12.6. The van der Waals surface area contributed by atoms with Gasteiger partial charge in [-0.2, -0.15) is 4.31 Å². The van der Waals surface area contributed by atoms with Gasteiger partial charge in [-0.1, -0.05) is 12.5 Å². The number of amides is 1. The molecule has 1 amide bonds. The van der Waals surface area contributed by atoms with E-state index in [-0.39, 0.29) is 17.4 Å². The molecule has 1 aromatic rings. The van der Waals surface area contributed by atoms with Crippen LogP contribution in [-0.4, -0.2) is 61.8 Å². The summed E-state index contributed by atoms with van der Waals surface area (Å²) in [5, 5.41) is 4.90. The molecular formula is C19H31N3O3S2. The van der Waals surface area contributed by atoms with E-state index in [0.717, 1.165) is 13.1 Å². The van der Waals surface area contributed by atoms with E-state index in [1.165, 1.54) is 34.9 Å². The highest BCUT2D eigenvalue weighted by atomic mass is 32.2. The van der Waals surface area contributed by atoms with Crippen LogP contribution >= 0.6 is 11.3 Å². The Labute approximate surface area is 167 Å². The second-order valence-corrected chi connectivity index (χ2v) is 11.3. The Hall–Kier alpha value is -0.960. The first kappa shape index (κ1) is 20.8. The zero-order valence-corrected chi connectivity index (χ0v) is 17.9. The van der Waals surface area contributed by atoms with Crippen molar-refractivity contribution in [3.05, 3.63) is 17.5 Å². The average Bonchev–Trinajstić information content (AvgIpc) is 3.23. The van der Waals surface area contributed by atoms with Crippen molar-refractivity contribution in [3.8, 4) is 0 Å². The molecule has 0 aliphatic carbocycles. The van der Waals surface area contributed by atoms with Crippen molar-refractivity contribution in [1.82, 2.24) is 14.5 Å². The molecule has 27 heavy (non-hydrogen) atoms. The number of hydrogen-bond donors (Lipinski definition) is 1. The van der Waals surface area contributed by atoms with Gasteiger partial charge in [0.05, 0.1) is 0 Å². The fourth-order valence-electron chi connectivity index (χ4n) is 3.95. The maximum absolute atomic E-state index is 12.6. The van der Waals surface area contributed by atoms with Crippen molar-refractivity contribution in [2.75, 3.05) is 32.7 Å². The normalized spacial score (nSPS) is 21.3. The molecule has 0 radical (unpaired) electrons. The van der Waals surface area contributed by atoms with Gasteiger partial charge in [0.2, 0.25) is 5.91 Å². The van der Waals surface area contributed by atoms with Crippen LogP contribution in [0, 0.1) is 5.92 Å². The molecule has 6 nitrogen and oxygen atoms in total. The second-order valence-electron chi connectivity index (χ2n) is 8.19. The molecule has 2 aliphatic heterocycles. The summed E-state index contributed by atoms with van der Waals surface area (Å²) in [6.45, 7) is 8.04. The molecular weight excluding hydrogens is 382 g/mol. The van der Waals surface area contributed by atoms with Crippen molar-refractivity contribution in [3.63, 3.8) is 0 Å². The predicted octanol–water partition coefficient (Wildman–Crippen LogP) is 2.53. The standard InChI is InChI=1S/C19H31N3O3S2/c1-19(2,21-10-4-3-5-11-21)15-20-18(23)16-8-12-22(13-9-16)27(24,25)17-7-6-14-26-17/h6-7,14,16H,3-5,8-13,15H2,1-2H3,(H,20,23). The largest absolute Gasteiger partial charge is 0.354 e. The lowest BCUT2D eigenvalue weighted by Crippen LogP contribution is -2.54. The van der Waals surface area contributed by atoms with Crippen molar-refractivity contribution < 1.29 is 13.2 Å². The number of piperidine rings is 2. The summed E-state index contributed by atoms with van der Waals surface area (Å²) in [6, 6.07) is 3.39. The minimum Gasteiger partial charge on any atom is -0.354 e. The third-order valence-corrected chi connectivity index (χ3v) is 9.09. The predicted molar refractivity (Wildman–Crippen MR) is 108 cm³/mol. The summed E-state index contributed by atoms with van der Waals surface area (Å²) in [6.07, 6.45) is 4.93. The van der Waals surface area contributed by atoms with Gasteiger partial charge in [0.25, 0.3) is 10.0 Å². The van der Waals surface area contributed by atoms with E-state index in [4.69, 9.17) is 0 Å². The first-order valence-corrected chi connectivity index (χ1v) is 12.2. The van der Waals surface area contributed by atoms with E-state index in [1.807, 2.05) is 0 Å². The van der Waals surface area contributed by atoms with Crippen molar-refractivity contribution >= 4 is 27.3 Å². The number of rotatable bonds is 6. The highest BCUT2D eigenvalue weighted by Crippen LogP contribution is 2.26. The summed E-state index contributed by atoms with van der Waals surface area (Å²) >= 11 is 1.24.